The molecule has 0 bridgehead atoms. The molecular weight excluding hydrogens is 350 g/mol. The van der Waals surface area contributed by atoms with Gasteiger partial charge in [0.05, 0.1) is 19.5 Å². The van der Waals surface area contributed by atoms with Crippen molar-refractivity contribution in [2.75, 3.05) is 13.2 Å². The first-order valence-electron chi connectivity index (χ1n) is 7.90. The number of carbonyl (C=O) groups excluding carboxylic acids is 3. The lowest BCUT2D eigenvalue weighted by Crippen LogP contribution is -2.53. The number of hydrogen-bond acceptors (Lipinski definition) is 9. The maximum atomic E-state index is 12.5. The summed E-state index contributed by atoms with van der Waals surface area (Å²) in [4.78, 5) is 41.6. The summed E-state index contributed by atoms with van der Waals surface area (Å²) < 4.78 is 14.8. The lowest BCUT2D eigenvalue weighted by Gasteiger charge is -2.29. The molecule has 0 saturated carbocycles. The van der Waals surface area contributed by atoms with Crippen LogP contribution in [0.4, 0.5) is 0 Å². The Balaban J connectivity index is 2.61. The fourth-order valence-electron chi connectivity index (χ4n) is 2.76. The summed E-state index contributed by atoms with van der Waals surface area (Å²) in [5.74, 6) is -4.67. The molecule has 1 aliphatic heterocycles. The summed E-state index contributed by atoms with van der Waals surface area (Å²) >= 11 is 0. The summed E-state index contributed by atoms with van der Waals surface area (Å²) in [5, 5.41) is 22.6. The summed E-state index contributed by atoms with van der Waals surface area (Å²) in [6, 6.07) is 2.83. The largest absolute Gasteiger partial charge is 0.468 e. The van der Waals surface area contributed by atoms with Crippen molar-refractivity contribution in [2.45, 2.75) is 38.4 Å². The van der Waals surface area contributed by atoms with Crippen LogP contribution in [0.15, 0.2) is 22.8 Å². The van der Waals surface area contributed by atoms with Crippen molar-refractivity contribution in [1.82, 2.24) is 0 Å². The van der Waals surface area contributed by atoms with Gasteiger partial charge in [-0.3, -0.25) is 10.0 Å². The average Bonchev–Trinajstić information content (AvgIpc) is 3.20. The fraction of sp³-hybridized carbons (Fsp3) is 0.500. The van der Waals surface area contributed by atoms with Crippen molar-refractivity contribution in [3.8, 4) is 0 Å². The van der Waals surface area contributed by atoms with E-state index in [4.69, 9.17) is 18.7 Å². The molecule has 0 aromatic carbocycles. The Morgan fingerprint density at radius 1 is 1.35 bits per heavy atom. The zero-order valence-corrected chi connectivity index (χ0v) is 14.5. The highest BCUT2D eigenvalue weighted by Gasteiger charge is 2.65. The Morgan fingerprint density at radius 2 is 2.00 bits per heavy atom. The Hall–Kier alpha value is -2.88. The van der Waals surface area contributed by atoms with E-state index in [1.165, 1.54) is 32.2 Å². The normalized spacial score (nSPS) is 23.3. The highest BCUT2D eigenvalue weighted by Crippen LogP contribution is 2.41. The van der Waals surface area contributed by atoms with Gasteiger partial charge in [0.2, 0.25) is 6.10 Å². The van der Waals surface area contributed by atoms with Gasteiger partial charge in [-0.2, -0.15) is 0 Å². The fourth-order valence-corrected chi connectivity index (χ4v) is 2.76. The lowest BCUT2D eigenvalue weighted by molar-refractivity contribution is -0.745. The second kappa shape index (κ2) is 7.56. The highest BCUT2D eigenvalue weighted by atomic mass is 16.9. The van der Waals surface area contributed by atoms with Crippen LogP contribution in [0.5, 0.6) is 0 Å². The van der Waals surface area contributed by atoms with E-state index in [-0.39, 0.29) is 23.9 Å². The number of rotatable bonds is 7. The minimum Gasteiger partial charge on any atom is -0.468 e. The van der Waals surface area contributed by atoms with E-state index < -0.39 is 41.1 Å². The number of aliphatic hydroxyl groups is 1. The third-order valence-corrected chi connectivity index (χ3v) is 3.86. The standard InChI is InChI=1S/C16H19NO9/c1-4-23-14(20)13(19)12-11(10-7-6-8-25-10)16(9(3)18,26-17(12)22)15(21)24-5-2/h6-8,11,13,19H,4-5H2,1-3H3/t11-,13+,16+/m1/s1. The highest BCUT2D eigenvalue weighted by molar-refractivity contribution is 6.16. The van der Waals surface area contributed by atoms with E-state index in [1.807, 2.05) is 0 Å². The first kappa shape index (κ1) is 19.4. The van der Waals surface area contributed by atoms with E-state index >= 15 is 0 Å². The van der Waals surface area contributed by atoms with Gasteiger partial charge in [0.25, 0.3) is 11.3 Å². The molecule has 3 atom stereocenters. The predicted octanol–water partition coefficient (Wildman–Crippen LogP) is 0.0746. The molecule has 0 amide bonds. The van der Waals surface area contributed by atoms with E-state index in [1.54, 1.807) is 0 Å². The van der Waals surface area contributed by atoms with E-state index in [2.05, 4.69) is 0 Å². The van der Waals surface area contributed by atoms with Crippen LogP contribution in [0, 0.1) is 5.21 Å². The number of ketones is 1. The molecule has 0 radical (unpaired) electrons. The van der Waals surface area contributed by atoms with Crippen molar-refractivity contribution >= 4 is 23.4 Å². The first-order valence-corrected chi connectivity index (χ1v) is 7.90. The summed E-state index contributed by atoms with van der Waals surface area (Å²) in [6.45, 7) is 3.91. The molecule has 0 spiro atoms. The maximum absolute atomic E-state index is 12.5. The minimum absolute atomic E-state index is 0.0371. The van der Waals surface area contributed by atoms with E-state index in [9.17, 15) is 24.7 Å². The molecular formula is C16H19NO9. The summed E-state index contributed by atoms with van der Waals surface area (Å²) in [6.07, 6.45) is -0.828. The molecule has 142 valence electrons. The van der Waals surface area contributed by atoms with Gasteiger partial charge in [0, 0.05) is 4.90 Å². The molecule has 1 aromatic rings. The second-order valence-electron chi connectivity index (χ2n) is 5.39. The zero-order valence-electron chi connectivity index (χ0n) is 14.5. The number of carbonyl (C=O) groups is 3. The molecule has 2 rings (SSSR count). The molecule has 10 nitrogen and oxygen atoms in total. The molecule has 0 fully saturated rings. The maximum Gasteiger partial charge on any atom is 0.346 e. The number of aliphatic hydroxyl groups excluding tert-OH is 1. The number of hydrogen-bond donors (Lipinski definition) is 1. The van der Waals surface area contributed by atoms with Crippen LogP contribution in [0.2, 0.25) is 0 Å². The van der Waals surface area contributed by atoms with Crippen molar-refractivity contribution < 1.29 is 43.1 Å². The molecule has 2 heterocycles. The van der Waals surface area contributed by atoms with Crippen molar-refractivity contribution in [1.29, 1.82) is 0 Å². The first-order chi connectivity index (χ1) is 12.3. The predicted molar refractivity (Wildman–Crippen MR) is 83.9 cm³/mol. The number of nitrogens with zero attached hydrogens (tertiary/aromatic N) is 1. The molecule has 26 heavy (non-hydrogen) atoms. The Labute approximate surface area is 148 Å². The van der Waals surface area contributed by atoms with Gasteiger partial charge >= 0.3 is 11.9 Å². The van der Waals surface area contributed by atoms with Crippen LogP contribution in [0.1, 0.15) is 32.4 Å². The monoisotopic (exact) mass is 369 g/mol. The molecule has 1 aliphatic rings. The van der Waals surface area contributed by atoms with Crippen LogP contribution in [-0.4, -0.2) is 58.4 Å². The van der Waals surface area contributed by atoms with Gasteiger partial charge in [0.1, 0.15) is 11.7 Å². The minimum atomic E-state index is -2.43. The van der Waals surface area contributed by atoms with E-state index in [0.29, 0.717) is 0 Å². The van der Waals surface area contributed by atoms with Crippen LogP contribution in [-0.2, 0) is 28.7 Å². The smallest absolute Gasteiger partial charge is 0.346 e. The van der Waals surface area contributed by atoms with Gasteiger partial charge in [-0.05, 0) is 32.9 Å². The van der Waals surface area contributed by atoms with Crippen LogP contribution < -0.4 is 0 Å². The Bertz CT molecular complexity index is 724. The quantitative estimate of drug-likeness (QED) is 0.402. The summed E-state index contributed by atoms with van der Waals surface area (Å²) in [5.41, 5.74) is -3.04. The molecule has 0 aliphatic carbocycles. The van der Waals surface area contributed by atoms with Gasteiger partial charge in [-0.1, -0.05) is 0 Å². The zero-order chi connectivity index (χ0) is 19.5. The second-order valence-corrected chi connectivity index (χ2v) is 5.39. The van der Waals surface area contributed by atoms with Crippen LogP contribution in [0.25, 0.3) is 0 Å². The van der Waals surface area contributed by atoms with Crippen molar-refractivity contribution in [2.24, 2.45) is 0 Å². The van der Waals surface area contributed by atoms with Crippen LogP contribution in [0.3, 0.4) is 0 Å². The summed E-state index contributed by atoms with van der Waals surface area (Å²) in [7, 11) is 0. The van der Waals surface area contributed by atoms with E-state index in [0.717, 1.165) is 6.92 Å². The van der Waals surface area contributed by atoms with Gasteiger partial charge in [-0.15, -0.1) is 0 Å². The number of furan rings is 1. The Kier molecular flexibility index (Phi) is 5.66. The lowest BCUT2D eigenvalue weighted by atomic mass is 9.78. The number of ether oxygens (including phenoxy) is 2. The third-order valence-electron chi connectivity index (χ3n) is 3.86. The molecule has 1 aromatic heterocycles. The van der Waals surface area contributed by atoms with Crippen molar-refractivity contribution in [3.05, 3.63) is 29.4 Å². The molecule has 0 unspecified atom stereocenters. The van der Waals surface area contributed by atoms with Crippen LogP contribution >= 0.6 is 0 Å². The van der Waals surface area contributed by atoms with Gasteiger partial charge < -0.3 is 23.8 Å². The van der Waals surface area contributed by atoms with Gasteiger partial charge in [0.15, 0.2) is 5.78 Å². The molecule has 1 N–H and O–H groups in total. The third kappa shape index (κ3) is 3.03. The molecule has 10 heteroatoms. The topological polar surface area (TPSA) is 138 Å². The Morgan fingerprint density at radius 3 is 2.50 bits per heavy atom. The molecule has 0 saturated heterocycles. The average molecular weight is 369 g/mol. The SMILES string of the molecule is CCOC(=O)[C@@H](O)C1=[N+]([O-])O[C@](C(C)=O)(C(=O)OCC)[C@@H]1c1ccco1. The number of esters is 2. The van der Waals surface area contributed by atoms with Gasteiger partial charge in [-0.25, -0.2) is 9.59 Å². The van der Waals surface area contributed by atoms with Crippen molar-refractivity contribution in [3.63, 3.8) is 0 Å². The number of Topliss-reactive ketones (excluding diaryl/α,β-unsaturated/α-hetero) is 1.